The lowest BCUT2D eigenvalue weighted by molar-refractivity contribution is 0.0609. The Labute approximate surface area is 164 Å². The molecule has 1 N–H and O–H groups in total. The zero-order valence-electron chi connectivity index (χ0n) is 15.5. The van der Waals surface area contributed by atoms with Gasteiger partial charge in [0, 0.05) is 17.1 Å². The van der Waals surface area contributed by atoms with E-state index in [9.17, 15) is 8.42 Å². The van der Waals surface area contributed by atoms with Crippen molar-refractivity contribution in [3.05, 3.63) is 40.7 Å². The minimum atomic E-state index is -3.41. The van der Waals surface area contributed by atoms with Crippen LogP contribution in [0.15, 0.2) is 29.2 Å². The smallest absolute Gasteiger partial charge is 0.195 e. The van der Waals surface area contributed by atoms with Crippen LogP contribution < -0.4 is 4.74 Å². The highest BCUT2D eigenvalue weighted by Gasteiger charge is 2.43. The first-order valence-electron chi connectivity index (χ1n) is 9.26. The summed E-state index contributed by atoms with van der Waals surface area (Å²) >= 11 is 5.93. The first-order valence-corrected chi connectivity index (χ1v) is 11.3. The molecular weight excluding hydrogens is 386 g/mol. The number of ether oxygens (including phenoxy) is 1. The van der Waals surface area contributed by atoms with E-state index < -0.39 is 9.84 Å². The van der Waals surface area contributed by atoms with Crippen LogP contribution in [0, 0.1) is 13.8 Å². The number of fused-ring (bicyclic) bond motifs is 2. The van der Waals surface area contributed by atoms with Crippen LogP contribution in [-0.4, -0.2) is 47.6 Å². The average Bonchev–Trinajstić information content (AvgIpc) is 3.05. The SMILES string of the molecule is Cc1n[nH]c(C)c1S(=O)(=O)CN1[C@@H]2CC[C@H]1CC(Oc1ccc(Cl)cc1)C2. The number of halogens is 1. The lowest BCUT2D eigenvalue weighted by atomic mass is 10.0. The number of piperidine rings is 1. The molecule has 2 fully saturated rings. The number of aromatic nitrogens is 2. The predicted octanol–water partition coefficient (Wildman–Crippen LogP) is 3.49. The Kier molecular flexibility index (Phi) is 4.94. The maximum Gasteiger partial charge on any atom is 0.195 e. The van der Waals surface area contributed by atoms with Crippen LogP contribution in [0.5, 0.6) is 5.75 Å². The normalized spacial score (nSPS) is 25.7. The van der Waals surface area contributed by atoms with Crippen molar-refractivity contribution < 1.29 is 13.2 Å². The molecule has 146 valence electrons. The second-order valence-corrected chi connectivity index (χ2v) is 9.90. The monoisotopic (exact) mass is 409 g/mol. The first kappa shape index (κ1) is 18.8. The van der Waals surface area contributed by atoms with E-state index in [1.807, 2.05) is 24.3 Å². The summed E-state index contributed by atoms with van der Waals surface area (Å²) in [6.07, 6.45) is 3.84. The van der Waals surface area contributed by atoms with Crippen LogP contribution >= 0.6 is 11.6 Å². The molecule has 1 aromatic carbocycles. The molecule has 6 nitrogen and oxygen atoms in total. The van der Waals surface area contributed by atoms with E-state index in [0.717, 1.165) is 31.4 Å². The third kappa shape index (κ3) is 3.73. The summed E-state index contributed by atoms with van der Waals surface area (Å²) < 4.78 is 32.1. The number of nitrogens with one attached hydrogen (secondary N) is 1. The van der Waals surface area contributed by atoms with Gasteiger partial charge in [-0.15, -0.1) is 0 Å². The van der Waals surface area contributed by atoms with E-state index in [2.05, 4.69) is 15.1 Å². The molecule has 4 rings (SSSR count). The van der Waals surface area contributed by atoms with Gasteiger partial charge in [0.2, 0.25) is 0 Å². The summed E-state index contributed by atoms with van der Waals surface area (Å²) in [5, 5.41) is 7.51. The van der Waals surface area contributed by atoms with Crippen molar-refractivity contribution in [1.29, 1.82) is 0 Å². The molecule has 0 spiro atoms. The number of benzene rings is 1. The maximum absolute atomic E-state index is 13.0. The summed E-state index contributed by atoms with van der Waals surface area (Å²) in [6, 6.07) is 7.88. The van der Waals surface area contributed by atoms with Crippen LogP contribution in [0.2, 0.25) is 5.02 Å². The number of aromatic amines is 1. The van der Waals surface area contributed by atoms with Crippen molar-refractivity contribution in [3.63, 3.8) is 0 Å². The zero-order valence-corrected chi connectivity index (χ0v) is 17.1. The van der Waals surface area contributed by atoms with Crippen molar-refractivity contribution >= 4 is 21.4 Å². The van der Waals surface area contributed by atoms with Crippen molar-refractivity contribution in [2.24, 2.45) is 0 Å². The van der Waals surface area contributed by atoms with Gasteiger partial charge < -0.3 is 4.74 Å². The van der Waals surface area contributed by atoms with Crippen LogP contribution in [0.25, 0.3) is 0 Å². The van der Waals surface area contributed by atoms with E-state index in [4.69, 9.17) is 16.3 Å². The van der Waals surface area contributed by atoms with Gasteiger partial charge in [0.25, 0.3) is 0 Å². The number of hydrogen-bond acceptors (Lipinski definition) is 5. The van der Waals surface area contributed by atoms with Gasteiger partial charge in [-0.3, -0.25) is 10.00 Å². The number of rotatable bonds is 5. The van der Waals surface area contributed by atoms with E-state index in [1.165, 1.54) is 0 Å². The summed E-state index contributed by atoms with van der Waals surface area (Å²) in [4.78, 5) is 2.50. The molecule has 0 aliphatic carbocycles. The van der Waals surface area contributed by atoms with Crippen molar-refractivity contribution in [3.8, 4) is 5.75 Å². The van der Waals surface area contributed by atoms with Gasteiger partial charge in [0.15, 0.2) is 9.84 Å². The van der Waals surface area contributed by atoms with Crippen LogP contribution in [0.1, 0.15) is 37.1 Å². The molecule has 2 aliphatic rings. The van der Waals surface area contributed by atoms with Gasteiger partial charge in [-0.1, -0.05) is 11.6 Å². The fourth-order valence-corrected chi connectivity index (χ4v) is 6.57. The Morgan fingerprint density at radius 3 is 2.37 bits per heavy atom. The van der Waals surface area contributed by atoms with Crippen LogP contribution in [0.3, 0.4) is 0 Å². The van der Waals surface area contributed by atoms with Crippen molar-refractivity contribution in [1.82, 2.24) is 15.1 Å². The minimum Gasteiger partial charge on any atom is -0.490 e. The van der Waals surface area contributed by atoms with E-state index in [-0.39, 0.29) is 24.1 Å². The summed E-state index contributed by atoms with van der Waals surface area (Å²) in [5.41, 5.74) is 1.15. The minimum absolute atomic E-state index is 0.0528. The Balaban J connectivity index is 1.46. The molecule has 1 aromatic heterocycles. The fourth-order valence-electron chi connectivity index (χ4n) is 4.50. The maximum atomic E-state index is 13.0. The first-order chi connectivity index (χ1) is 12.8. The third-order valence-electron chi connectivity index (χ3n) is 5.65. The highest BCUT2D eigenvalue weighted by molar-refractivity contribution is 7.91. The van der Waals surface area contributed by atoms with Gasteiger partial charge in [-0.2, -0.15) is 5.10 Å². The summed E-state index contributed by atoms with van der Waals surface area (Å²) in [6.45, 7) is 3.49. The Bertz CT molecular complexity index is 893. The molecule has 2 saturated heterocycles. The van der Waals surface area contributed by atoms with Gasteiger partial charge >= 0.3 is 0 Å². The Hall–Kier alpha value is -1.57. The molecule has 1 unspecified atom stereocenters. The van der Waals surface area contributed by atoms with E-state index >= 15 is 0 Å². The van der Waals surface area contributed by atoms with Crippen LogP contribution in [-0.2, 0) is 9.84 Å². The number of H-pyrrole nitrogens is 1. The molecule has 3 heterocycles. The zero-order chi connectivity index (χ0) is 19.2. The van der Waals surface area contributed by atoms with Crippen molar-refractivity contribution in [2.45, 2.75) is 62.6 Å². The summed E-state index contributed by atoms with van der Waals surface area (Å²) in [5.74, 6) is 0.867. The van der Waals surface area contributed by atoms with Crippen molar-refractivity contribution in [2.75, 3.05) is 5.88 Å². The number of aryl methyl sites for hydroxylation is 2. The van der Waals surface area contributed by atoms with E-state index in [1.54, 1.807) is 13.8 Å². The average molecular weight is 410 g/mol. The molecule has 2 aromatic rings. The molecular formula is C19H24ClN3O3S. The Morgan fingerprint density at radius 2 is 1.81 bits per heavy atom. The molecule has 27 heavy (non-hydrogen) atoms. The molecule has 0 saturated carbocycles. The number of sulfone groups is 1. The number of nitrogens with zero attached hydrogens (tertiary/aromatic N) is 2. The fraction of sp³-hybridized carbons (Fsp3) is 0.526. The largest absolute Gasteiger partial charge is 0.490 e. The van der Waals surface area contributed by atoms with Crippen LogP contribution in [0.4, 0.5) is 0 Å². The van der Waals surface area contributed by atoms with Gasteiger partial charge in [-0.25, -0.2) is 8.42 Å². The molecule has 0 amide bonds. The van der Waals surface area contributed by atoms with Gasteiger partial charge in [-0.05, 0) is 63.8 Å². The molecule has 2 bridgehead atoms. The topological polar surface area (TPSA) is 75.3 Å². The second-order valence-electron chi connectivity index (χ2n) is 7.57. The molecule has 0 radical (unpaired) electrons. The molecule has 2 aliphatic heterocycles. The quantitative estimate of drug-likeness (QED) is 0.818. The third-order valence-corrected chi connectivity index (χ3v) is 7.76. The molecule has 3 atom stereocenters. The highest BCUT2D eigenvalue weighted by atomic mass is 35.5. The standard InChI is InChI=1S/C19H24ClN3O3S/c1-12-19(13(2)22-21-12)27(24,25)11-23-15-5-6-16(23)10-18(9-15)26-17-7-3-14(20)4-8-17/h3-4,7-8,15-16,18H,5-6,9-11H2,1-2H3,(H,21,22)/t15-,16+,18?. The number of hydrogen-bond donors (Lipinski definition) is 1. The van der Waals surface area contributed by atoms with E-state index in [0.29, 0.717) is 21.3 Å². The molecule has 8 heteroatoms. The van der Waals surface area contributed by atoms with Gasteiger partial charge in [0.05, 0.1) is 11.4 Å². The van der Waals surface area contributed by atoms with Gasteiger partial charge in [0.1, 0.15) is 22.6 Å². The second kappa shape index (κ2) is 7.11. The lowest BCUT2D eigenvalue weighted by Crippen LogP contribution is -2.48. The summed E-state index contributed by atoms with van der Waals surface area (Å²) in [7, 11) is -3.41. The predicted molar refractivity (Wildman–Crippen MR) is 104 cm³/mol. The Morgan fingerprint density at radius 1 is 1.19 bits per heavy atom. The highest BCUT2D eigenvalue weighted by Crippen LogP contribution is 2.38. The lowest BCUT2D eigenvalue weighted by Gasteiger charge is -2.38.